The Kier molecular flexibility index (Phi) is 4.91. The van der Waals surface area contributed by atoms with Crippen LogP contribution in [0.1, 0.15) is 25.3 Å². The maximum Gasteiger partial charge on any atom is 0.416 e. The van der Waals surface area contributed by atoms with Crippen LogP contribution in [0.5, 0.6) is 0 Å². The first-order valence-electron chi connectivity index (χ1n) is 7.13. The number of rotatable bonds is 4. The Morgan fingerprint density at radius 1 is 1.15 bits per heavy atom. The first-order valence-corrected chi connectivity index (χ1v) is 7.13. The van der Waals surface area contributed by atoms with Gasteiger partial charge in [-0.05, 0) is 56.1 Å². The van der Waals surface area contributed by atoms with Gasteiger partial charge in [-0.25, -0.2) is 0 Å². The molecule has 2 rings (SSSR count). The Balaban J connectivity index is 1.90. The SMILES string of the molecule is CCNCC1CCN(c2ccc(C(F)(F)F)cc2)CC1. The summed E-state index contributed by atoms with van der Waals surface area (Å²) in [4.78, 5) is 2.17. The normalized spacial score (nSPS) is 17.5. The summed E-state index contributed by atoms with van der Waals surface area (Å²) in [5, 5.41) is 3.35. The van der Waals surface area contributed by atoms with Gasteiger partial charge in [-0.3, -0.25) is 0 Å². The number of nitrogens with one attached hydrogen (secondary N) is 1. The lowest BCUT2D eigenvalue weighted by Gasteiger charge is -2.33. The summed E-state index contributed by atoms with van der Waals surface area (Å²) in [6.45, 7) is 5.96. The molecule has 20 heavy (non-hydrogen) atoms. The van der Waals surface area contributed by atoms with E-state index in [0.29, 0.717) is 5.92 Å². The molecule has 1 fully saturated rings. The topological polar surface area (TPSA) is 15.3 Å². The molecule has 1 aliphatic heterocycles. The summed E-state index contributed by atoms with van der Waals surface area (Å²) < 4.78 is 37.5. The van der Waals surface area contributed by atoms with Crippen LogP contribution in [0.15, 0.2) is 24.3 Å². The fraction of sp³-hybridized carbons (Fsp3) is 0.600. The molecule has 112 valence electrons. The third-order valence-electron chi connectivity index (χ3n) is 3.86. The summed E-state index contributed by atoms with van der Waals surface area (Å²) in [7, 11) is 0. The Morgan fingerprint density at radius 2 is 1.75 bits per heavy atom. The quantitative estimate of drug-likeness (QED) is 0.911. The number of benzene rings is 1. The molecule has 1 aromatic rings. The van der Waals surface area contributed by atoms with Gasteiger partial charge in [-0.15, -0.1) is 0 Å². The lowest BCUT2D eigenvalue weighted by Crippen LogP contribution is -2.37. The molecule has 0 atom stereocenters. The van der Waals surface area contributed by atoms with Gasteiger partial charge in [0.2, 0.25) is 0 Å². The standard InChI is InChI=1S/C15H21F3N2/c1-2-19-11-12-7-9-20(10-8-12)14-5-3-13(4-6-14)15(16,17)18/h3-6,12,19H,2,7-11H2,1H3. The second-order valence-corrected chi connectivity index (χ2v) is 5.28. The highest BCUT2D eigenvalue weighted by Gasteiger charge is 2.30. The van der Waals surface area contributed by atoms with Crippen molar-refractivity contribution in [3.8, 4) is 0 Å². The predicted molar refractivity (Wildman–Crippen MR) is 74.9 cm³/mol. The molecule has 1 aliphatic rings. The summed E-state index contributed by atoms with van der Waals surface area (Å²) in [5.41, 5.74) is 0.309. The summed E-state index contributed by atoms with van der Waals surface area (Å²) in [5.74, 6) is 0.681. The number of halogens is 3. The van der Waals surface area contributed by atoms with E-state index in [4.69, 9.17) is 0 Å². The number of hydrogen-bond donors (Lipinski definition) is 1. The molecule has 1 saturated heterocycles. The van der Waals surface area contributed by atoms with Gasteiger partial charge in [-0.2, -0.15) is 13.2 Å². The van der Waals surface area contributed by atoms with Crippen molar-refractivity contribution in [2.24, 2.45) is 5.92 Å². The molecular weight excluding hydrogens is 265 g/mol. The van der Waals surface area contributed by atoms with Crippen molar-refractivity contribution in [1.82, 2.24) is 5.32 Å². The van der Waals surface area contributed by atoms with E-state index < -0.39 is 11.7 Å². The van der Waals surface area contributed by atoms with Crippen LogP contribution in [0.3, 0.4) is 0 Å². The van der Waals surface area contributed by atoms with E-state index in [-0.39, 0.29) is 0 Å². The molecule has 1 N–H and O–H groups in total. The molecule has 0 saturated carbocycles. The minimum atomic E-state index is -4.25. The van der Waals surface area contributed by atoms with Gasteiger partial charge < -0.3 is 10.2 Å². The lowest BCUT2D eigenvalue weighted by molar-refractivity contribution is -0.137. The molecule has 5 heteroatoms. The van der Waals surface area contributed by atoms with E-state index >= 15 is 0 Å². The van der Waals surface area contributed by atoms with E-state index in [1.54, 1.807) is 12.1 Å². The molecule has 0 spiro atoms. The molecule has 0 aliphatic carbocycles. The smallest absolute Gasteiger partial charge is 0.372 e. The van der Waals surface area contributed by atoms with Crippen LogP contribution in [0, 0.1) is 5.92 Å². The average molecular weight is 286 g/mol. The molecule has 1 heterocycles. The van der Waals surface area contributed by atoms with Crippen molar-refractivity contribution in [2.45, 2.75) is 25.9 Å². The van der Waals surface area contributed by atoms with Crippen LogP contribution < -0.4 is 10.2 Å². The first-order chi connectivity index (χ1) is 9.50. The zero-order valence-corrected chi connectivity index (χ0v) is 11.7. The van der Waals surface area contributed by atoms with Crippen LogP contribution in [0.4, 0.5) is 18.9 Å². The fourth-order valence-electron chi connectivity index (χ4n) is 2.60. The summed E-state index contributed by atoms with van der Waals surface area (Å²) in [6.07, 6.45) is -2.07. The Morgan fingerprint density at radius 3 is 2.25 bits per heavy atom. The van der Waals surface area contributed by atoms with Crippen LogP contribution in [0.2, 0.25) is 0 Å². The number of hydrogen-bond acceptors (Lipinski definition) is 2. The molecule has 0 bridgehead atoms. The third kappa shape index (κ3) is 3.88. The van der Waals surface area contributed by atoms with E-state index in [1.165, 1.54) is 12.1 Å². The van der Waals surface area contributed by atoms with Crippen LogP contribution in [0.25, 0.3) is 0 Å². The molecule has 0 aromatic heterocycles. The van der Waals surface area contributed by atoms with Gasteiger partial charge in [0.15, 0.2) is 0 Å². The van der Waals surface area contributed by atoms with Crippen molar-refractivity contribution >= 4 is 5.69 Å². The highest BCUT2D eigenvalue weighted by atomic mass is 19.4. The average Bonchev–Trinajstić information content (AvgIpc) is 2.45. The second kappa shape index (κ2) is 6.48. The van der Waals surface area contributed by atoms with E-state index in [0.717, 1.165) is 44.7 Å². The highest BCUT2D eigenvalue weighted by Crippen LogP contribution is 2.31. The maximum atomic E-state index is 12.5. The third-order valence-corrected chi connectivity index (χ3v) is 3.86. The molecule has 0 unspecified atom stereocenters. The minimum absolute atomic E-state index is 0.580. The van der Waals surface area contributed by atoms with Crippen LogP contribution in [-0.2, 0) is 6.18 Å². The summed E-state index contributed by atoms with van der Waals surface area (Å²) in [6, 6.07) is 5.49. The van der Waals surface area contributed by atoms with Gasteiger partial charge in [-0.1, -0.05) is 6.92 Å². The largest absolute Gasteiger partial charge is 0.416 e. The van der Waals surface area contributed by atoms with E-state index in [1.807, 2.05) is 0 Å². The number of alkyl halides is 3. The number of piperidine rings is 1. The van der Waals surface area contributed by atoms with Crippen molar-refractivity contribution in [3.63, 3.8) is 0 Å². The van der Waals surface area contributed by atoms with E-state index in [9.17, 15) is 13.2 Å². The fourth-order valence-corrected chi connectivity index (χ4v) is 2.60. The first kappa shape index (κ1) is 15.2. The lowest BCUT2D eigenvalue weighted by atomic mass is 9.96. The predicted octanol–water partition coefficient (Wildman–Crippen LogP) is 3.53. The molecule has 1 aromatic carbocycles. The van der Waals surface area contributed by atoms with Crippen molar-refractivity contribution < 1.29 is 13.2 Å². The number of anilines is 1. The highest BCUT2D eigenvalue weighted by molar-refractivity contribution is 5.48. The van der Waals surface area contributed by atoms with E-state index in [2.05, 4.69) is 17.1 Å². The van der Waals surface area contributed by atoms with Gasteiger partial charge in [0.05, 0.1) is 5.56 Å². The molecule has 0 amide bonds. The number of nitrogens with zero attached hydrogens (tertiary/aromatic N) is 1. The maximum absolute atomic E-state index is 12.5. The molecule has 0 radical (unpaired) electrons. The van der Waals surface area contributed by atoms with Gasteiger partial charge >= 0.3 is 6.18 Å². The Labute approximate surface area is 118 Å². The zero-order chi connectivity index (χ0) is 14.6. The van der Waals surface area contributed by atoms with Crippen LogP contribution >= 0.6 is 0 Å². The zero-order valence-electron chi connectivity index (χ0n) is 11.7. The van der Waals surface area contributed by atoms with Gasteiger partial charge in [0, 0.05) is 18.8 Å². The van der Waals surface area contributed by atoms with Crippen LogP contribution in [-0.4, -0.2) is 26.2 Å². The monoisotopic (exact) mass is 286 g/mol. The van der Waals surface area contributed by atoms with Gasteiger partial charge in [0.25, 0.3) is 0 Å². The molecule has 2 nitrogen and oxygen atoms in total. The van der Waals surface area contributed by atoms with Crippen molar-refractivity contribution in [3.05, 3.63) is 29.8 Å². The summed E-state index contributed by atoms with van der Waals surface area (Å²) >= 11 is 0. The second-order valence-electron chi connectivity index (χ2n) is 5.28. The molecular formula is C15H21F3N2. The minimum Gasteiger partial charge on any atom is -0.372 e. The van der Waals surface area contributed by atoms with Crippen molar-refractivity contribution in [2.75, 3.05) is 31.1 Å². The van der Waals surface area contributed by atoms with Crippen molar-refractivity contribution in [1.29, 1.82) is 0 Å². The Bertz CT molecular complexity index is 406. The Hall–Kier alpha value is -1.23. The van der Waals surface area contributed by atoms with Gasteiger partial charge in [0.1, 0.15) is 0 Å².